The zero-order valence-corrected chi connectivity index (χ0v) is 9.56. The van der Waals surface area contributed by atoms with Crippen molar-refractivity contribution in [2.24, 2.45) is 5.73 Å². The summed E-state index contributed by atoms with van der Waals surface area (Å²) >= 11 is 0. The number of aliphatic hydroxyl groups excluding tert-OH is 2. The topological polar surface area (TPSA) is 125 Å². The van der Waals surface area contributed by atoms with Crippen LogP contribution in [-0.4, -0.2) is 50.5 Å². The summed E-state index contributed by atoms with van der Waals surface area (Å²) in [6, 6.07) is -0.795. The predicted molar refractivity (Wildman–Crippen MR) is 52.8 cm³/mol. The number of nitrogens with one attached hydrogen (secondary N) is 1. The Morgan fingerprint density at radius 1 is 1.71 bits per heavy atom. The minimum absolute atomic E-state index is 0.100. The highest BCUT2D eigenvalue weighted by atomic mass is 28.2. The van der Waals surface area contributed by atoms with Gasteiger partial charge in [0.05, 0.1) is 0 Å². The first kappa shape index (κ1) is 15.8. The fraction of sp³-hybridized carbons (Fsp3) is 0.833. The van der Waals surface area contributed by atoms with E-state index in [9.17, 15) is 4.79 Å². The van der Waals surface area contributed by atoms with Crippen molar-refractivity contribution in [2.45, 2.75) is 19.6 Å². The Kier molecular flexibility index (Phi) is 13.9. The first-order chi connectivity index (χ1) is 6.58. The fourth-order valence-electron chi connectivity index (χ4n) is 0.450. The van der Waals surface area contributed by atoms with Crippen LogP contribution in [0.3, 0.4) is 0 Å². The zero-order chi connectivity index (χ0) is 11.4. The third-order valence-corrected chi connectivity index (χ3v) is 1.60. The Balaban J connectivity index is 0. The molecule has 86 valence electrons. The Morgan fingerprint density at radius 2 is 2.29 bits per heavy atom. The van der Waals surface area contributed by atoms with E-state index in [1.807, 2.05) is 12.2 Å². The van der Waals surface area contributed by atoms with Gasteiger partial charge in [0.15, 0.2) is 0 Å². The molecule has 0 aromatic carbocycles. The van der Waals surface area contributed by atoms with Crippen LogP contribution < -0.4 is 11.1 Å². The number of urea groups is 1. The van der Waals surface area contributed by atoms with Crippen molar-refractivity contribution in [3.05, 3.63) is 0 Å². The van der Waals surface area contributed by atoms with E-state index in [2.05, 4.69) is 10.2 Å². The normalized spacial score (nSPS) is 12.0. The molecule has 8 heteroatoms. The van der Waals surface area contributed by atoms with Gasteiger partial charge in [0.25, 0.3) is 0 Å². The lowest BCUT2D eigenvalue weighted by Gasteiger charge is -2.07. The lowest BCUT2D eigenvalue weighted by Crippen LogP contribution is -2.38. The van der Waals surface area contributed by atoms with Gasteiger partial charge in [-0.15, -0.1) is 0 Å². The summed E-state index contributed by atoms with van der Waals surface area (Å²) in [4.78, 5) is 17.9. The highest BCUT2D eigenvalue weighted by Gasteiger charge is 2.02. The van der Waals surface area contributed by atoms with E-state index in [0.29, 0.717) is 6.61 Å². The number of rotatable bonds is 5. The Labute approximate surface area is 84.9 Å². The van der Waals surface area contributed by atoms with E-state index in [1.54, 1.807) is 0 Å². The third kappa shape index (κ3) is 17.4. The lowest BCUT2D eigenvalue weighted by atomic mass is 10.4. The number of carbonyl (C=O) groups excluding carboxylic acids is 1. The Hall–Kier alpha value is -0.673. The van der Waals surface area contributed by atoms with E-state index in [-0.39, 0.29) is 13.0 Å². The summed E-state index contributed by atoms with van der Waals surface area (Å²) < 4.78 is 4.53. The Morgan fingerprint density at radius 3 is 2.50 bits per heavy atom. The second-order valence-electron chi connectivity index (χ2n) is 2.16. The first-order valence-corrected chi connectivity index (χ1v) is 5.32. The summed E-state index contributed by atoms with van der Waals surface area (Å²) in [6.07, 6.45) is -0.935. The second-order valence-corrected chi connectivity index (χ2v) is 2.83. The van der Waals surface area contributed by atoms with Crippen LogP contribution in [-0.2, 0) is 4.43 Å². The molecule has 0 radical (unpaired) electrons. The maximum atomic E-state index is 9.95. The van der Waals surface area contributed by atoms with Crippen molar-refractivity contribution in [3.63, 3.8) is 0 Å². The number of amides is 2. The van der Waals surface area contributed by atoms with Gasteiger partial charge in [-0.05, 0) is 6.92 Å². The standard InChI is InChI=1S/C4H10N2O3.C2H8O2Si/c5-4(9)6-3(8)1-2-7;1-2-4-5-3/h3,7-8H,1-2H2,(H3,5,6,9);3H,2,5H2,1H3. The van der Waals surface area contributed by atoms with Gasteiger partial charge in [-0.25, -0.2) is 4.79 Å². The summed E-state index contributed by atoms with van der Waals surface area (Å²) in [6.45, 7) is 2.34. The quantitative estimate of drug-likeness (QED) is 0.259. The van der Waals surface area contributed by atoms with Crippen molar-refractivity contribution in [1.29, 1.82) is 0 Å². The van der Waals surface area contributed by atoms with Gasteiger partial charge < -0.3 is 30.5 Å². The average Bonchev–Trinajstić information content (AvgIpc) is 2.05. The van der Waals surface area contributed by atoms with Crippen molar-refractivity contribution in [3.8, 4) is 0 Å². The molecule has 0 aliphatic heterocycles. The van der Waals surface area contributed by atoms with E-state index in [0.717, 1.165) is 0 Å². The monoisotopic (exact) mass is 226 g/mol. The van der Waals surface area contributed by atoms with E-state index in [1.165, 1.54) is 0 Å². The maximum absolute atomic E-state index is 9.95. The fourth-order valence-corrected chi connectivity index (χ4v) is 0.633. The SMILES string of the molecule is CCO[SiH2]O.NC(=O)NC(O)CCO. The van der Waals surface area contributed by atoms with Gasteiger partial charge in [-0.2, -0.15) is 0 Å². The second kappa shape index (κ2) is 12.3. The Bertz CT molecular complexity index is 135. The van der Waals surface area contributed by atoms with Gasteiger partial charge in [0.2, 0.25) is 0 Å². The number of hydrogen-bond donors (Lipinski definition) is 5. The van der Waals surface area contributed by atoms with Gasteiger partial charge in [0, 0.05) is 19.6 Å². The van der Waals surface area contributed by atoms with Gasteiger partial charge >= 0.3 is 16.0 Å². The number of nitrogens with two attached hydrogens (primary N) is 1. The van der Waals surface area contributed by atoms with Crippen LogP contribution >= 0.6 is 0 Å². The van der Waals surface area contributed by atoms with E-state index in [4.69, 9.17) is 15.0 Å². The summed E-state index contributed by atoms with van der Waals surface area (Å²) in [5.41, 5.74) is 4.63. The minimum Gasteiger partial charge on any atom is -0.415 e. The van der Waals surface area contributed by atoms with Crippen LogP contribution in [0.2, 0.25) is 0 Å². The van der Waals surface area contributed by atoms with Crippen molar-refractivity contribution < 1.29 is 24.2 Å². The molecular formula is C6H18N2O5Si. The minimum atomic E-state index is -1.09. The number of primary amides is 1. The molecule has 1 unspecified atom stereocenters. The molecule has 0 rings (SSSR count). The van der Waals surface area contributed by atoms with Gasteiger partial charge in [-0.3, -0.25) is 0 Å². The molecule has 2 amide bonds. The predicted octanol–water partition coefficient (Wildman–Crippen LogP) is -2.63. The molecule has 0 spiro atoms. The molecular weight excluding hydrogens is 208 g/mol. The molecule has 0 aromatic rings. The molecule has 0 fully saturated rings. The molecule has 6 N–H and O–H groups in total. The third-order valence-electron chi connectivity index (χ3n) is 1.01. The molecule has 7 nitrogen and oxygen atoms in total. The highest BCUT2D eigenvalue weighted by Crippen LogP contribution is 1.82. The zero-order valence-electron chi connectivity index (χ0n) is 8.14. The molecule has 0 aromatic heterocycles. The summed E-state index contributed by atoms with van der Waals surface area (Å²) in [5.74, 6) is 0. The lowest BCUT2D eigenvalue weighted by molar-refractivity contribution is 0.111. The largest absolute Gasteiger partial charge is 0.415 e. The van der Waals surface area contributed by atoms with Crippen LogP contribution in [0, 0.1) is 0 Å². The van der Waals surface area contributed by atoms with Crippen LogP contribution in [0.15, 0.2) is 0 Å². The van der Waals surface area contributed by atoms with Crippen molar-refractivity contribution in [1.82, 2.24) is 5.32 Å². The molecule has 0 saturated heterocycles. The molecule has 1 atom stereocenters. The number of aliphatic hydroxyl groups is 2. The average molecular weight is 226 g/mol. The first-order valence-electron chi connectivity index (χ1n) is 4.11. The highest BCUT2D eigenvalue weighted by molar-refractivity contribution is 6.15. The molecule has 0 aliphatic carbocycles. The molecule has 0 saturated carbocycles. The molecule has 0 bridgehead atoms. The van der Waals surface area contributed by atoms with Crippen molar-refractivity contribution >= 4 is 16.0 Å². The molecule has 0 aliphatic rings. The van der Waals surface area contributed by atoms with Gasteiger partial charge in [0.1, 0.15) is 6.23 Å². The summed E-state index contributed by atoms with van der Waals surface area (Å²) in [5, 5.41) is 18.8. The van der Waals surface area contributed by atoms with E-state index >= 15 is 0 Å². The summed E-state index contributed by atoms with van der Waals surface area (Å²) in [7, 11) is -1.09. The molecule has 0 heterocycles. The number of hydrogen-bond acceptors (Lipinski definition) is 5. The van der Waals surface area contributed by atoms with Crippen LogP contribution in [0.25, 0.3) is 0 Å². The van der Waals surface area contributed by atoms with Crippen LogP contribution in [0.1, 0.15) is 13.3 Å². The van der Waals surface area contributed by atoms with E-state index < -0.39 is 22.3 Å². The number of carbonyl (C=O) groups is 1. The van der Waals surface area contributed by atoms with Gasteiger partial charge in [-0.1, -0.05) is 0 Å². The van der Waals surface area contributed by atoms with Crippen LogP contribution in [0.4, 0.5) is 4.79 Å². The smallest absolute Gasteiger partial charge is 0.314 e. The van der Waals surface area contributed by atoms with Crippen LogP contribution in [0.5, 0.6) is 0 Å². The maximum Gasteiger partial charge on any atom is 0.314 e. The molecule has 14 heavy (non-hydrogen) atoms. The van der Waals surface area contributed by atoms with Crippen molar-refractivity contribution in [2.75, 3.05) is 13.2 Å².